The monoisotopic (exact) mass is 204 g/mol. The molecule has 1 rings (SSSR count). The van der Waals surface area contributed by atoms with Crippen LogP contribution >= 0.6 is 0 Å². The summed E-state index contributed by atoms with van der Waals surface area (Å²) in [5.41, 5.74) is 1.31. The van der Waals surface area contributed by atoms with Crippen LogP contribution < -0.4 is 0 Å². The zero-order chi connectivity index (χ0) is 11.1. The minimum absolute atomic E-state index is 0.350. The van der Waals surface area contributed by atoms with Crippen LogP contribution in [0.2, 0.25) is 0 Å². The zero-order valence-electron chi connectivity index (χ0n) is 9.86. The Bertz CT molecular complexity index is 300. The van der Waals surface area contributed by atoms with Crippen molar-refractivity contribution in [2.75, 3.05) is 6.61 Å². The van der Waals surface area contributed by atoms with Crippen LogP contribution in [-0.4, -0.2) is 6.61 Å². The van der Waals surface area contributed by atoms with Gasteiger partial charge in [-0.25, -0.2) is 0 Å². The lowest BCUT2D eigenvalue weighted by atomic mass is 9.99. The summed E-state index contributed by atoms with van der Waals surface area (Å²) in [6.07, 6.45) is 3.12. The number of hydrogen-bond donors (Lipinski definition) is 0. The Kier molecular flexibility index (Phi) is 4.96. The van der Waals surface area contributed by atoms with Gasteiger partial charge in [0.15, 0.2) is 0 Å². The fraction of sp³-hybridized carbons (Fsp3) is 0.429. The van der Waals surface area contributed by atoms with Crippen LogP contribution in [0, 0.1) is 0 Å². The van der Waals surface area contributed by atoms with Gasteiger partial charge in [0.05, 0.1) is 12.4 Å². The van der Waals surface area contributed by atoms with Gasteiger partial charge in [0.25, 0.3) is 0 Å². The van der Waals surface area contributed by atoms with E-state index in [2.05, 4.69) is 44.2 Å². The third kappa shape index (κ3) is 3.43. The third-order valence-electron chi connectivity index (χ3n) is 2.48. The van der Waals surface area contributed by atoms with Crippen LogP contribution in [0.15, 0.2) is 42.2 Å². The van der Waals surface area contributed by atoms with Crippen molar-refractivity contribution in [3.8, 4) is 0 Å². The molecule has 1 aromatic rings. The number of ether oxygens (including phenoxy) is 1. The molecule has 1 atom stereocenters. The van der Waals surface area contributed by atoms with E-state index in [1.54, 1.807) is 0 Å². The first kappa shape index (κ1) is 11.8. The fourth-order valence-electron chi connectivity index (χ4n) is 1.58. The van der Waals surface area contributed by atoms with Gasteiger partial charge in [0, 0.05) is 5.92 Å². The van der Waals surface area contributed by atoms with E-state index < -0.39 is 0 Å². The van der Waals surface area contributed by atoms with E-state index in [9.17, 15) is 0 Å². The molecule has 0 saturated carbocycles. The average molecular weight is 204 g/mol. The predicted molar refractivity (Wildman–Crippen MR) is 64.9 cm³/mol. The molecule has 1 heteroatoms. The summed E-state index contributed by atoms with van der Waals surface area (Å²) in [4.78, 5) is 0. The minimum atomic E-state index is 0.350. The molecule has 0 aliphatic heterocycles. The molecule has 0 aromatic heterocycles. The molecular weight excluding hydrogens is 184 g/mol. The Labute approximate surface area is 92.8 Å². The molecule has 0 aliphatic carbocycles. The second-order valence-corrected chi connectivity index (χ2v) is 3.67. The van der Waals surface area contributed by atoms with Gasteiger partial charge in [-0.1, -0.05) is 44.2 Å². The van der Waals surface area contributed by atoms with Crippen LogP contribution in [-0.2, 0) is 4.74 Å². The number of allylic oxidation sites excluding steroid dienone is 2. The van der Waals surface area contributed by atoms with Gasteiger partial charge in [0.1, 0.15) is 0 Å². The van der Waals surface area contributed by atoms with Crippen LogP contribution in [0.25, 0.3) is 0 Å². The highest BCUT2D eigenvalue weighted by Gasteiger charge is 2.10. The van der Waals surface area contributed by atoms with Gasteiger partial charge in [-0.15, -0.1) is 0 Å². The Morgan fingerprint density at radius 2 is 2.00 bits per heavy atom. The zero-order valence-corrected chi connectivity index (χ0v) is 9.86. The summed E-state index contributed by atoms with van der Waals surface area (Å²) in [6, 6.07) is 10.5. The van der Waals surface area contributed by atoms with E-state index >= 15 is 0 Å². The number of hydrogen-bond acceptors (Lipinski definition) is 1. The molecule has 0 spiro atoms. The van der Waals surface area contributed by atoms with E-state index in [-0.39, 0.29) is 0 Å². The van der Waals surface area contributed by atoms with Gasteiger partial charge in [-0.3, -0.25) is 0 Å². The summed E-state index contributed by atoms with van der Waals surface area (Å²) in [7, 11) is 0. The Hall–Kier alpha value is -1.24. The van der Waals surface area contributed by atoms with E-state index in [1.807, 2.05) is 13.0 Å². The van der Waals surface area contributed by atoms with Crippen molar-refractivity contribution in [1.29, 1.82) is 0 Å². The first-order chi connectivity index (χ1) is 7.29. The van der Waals surface area contributed by atoms with E-state index in [1.165, 1.54) is 5.56 Å². The van der Waals surface area contributed by atoms with Gasteiger partial charge in [0.2, 0.25) is 0 Å². The van der Waals surface area contributed by atoms with Crippen molar-refractivity contribution < 1.29 is 4.74 Å². The molecular formula is C14H20O. The number of rotatable bonds is 5. The van der Waals surface area contributed by atoms with Crippen molar-refractivity contribution in [1.82, 2.24) is 0 Å². The first-order valence-electron chi connectivity index (χ1n) is 5.63. The van der Waals surface area contributed by atoms with E-state index in [0.29, 0.717) is 5.92 Å². The molecule has 0 radical (unpaired) electrons. The topological polar surface area (TPSA) is 9.23 Å². The van der Waals surface area contributed by atoms with Crippen molar-refractivity contribution in [3.05, 3.63) is 47.7 Å². The molecule has 1 aromatic carbocycles. The lowest BCUT2D eigenvalue weighted by molar-refractivity contribution is 0.195. The lowest BCUT2D eigenvalue weighted by Crippen LogP contribution is -2.03. The first-order valence-corrected chi connectivity index (χ1v) is 5.63. The van der Waals surface area contributed by atoms with Crippen molar-refractivity contribution in [2.24, 2.45) is 0 Å². The summed E-state index contributed by atoms with van der Waals surface area (Å²) in [5, 5.41) is 0. The Morgan fingerprint density at radius 3 is 2.53 bits per heavy atom. The van der Waals surface area contributed by atoms with E-state index in [4.69, 9.17) is 4.74 Å². The highest BCUT2D eigenvalue weighted by Crippen LogP contribution is 2.24. The SMILES string of the molecule is C/C=C(\OCCC)C(C)c1ccccc1. The molecule has 1 nitrogen and oxygen atoms in total. The van der Waals surface area contributed by atoms with Crippen molar-refractivity contribution in [3.63, 3.8) is 0 Å². The average Bonchev–Trinajstić information content (AvgIpc) is 2.31. The maximum atomic E-state index is 5.72. The molecule has 82 valence electrons. The Morgan fingerprint density at radius 1 is 1.33 bits per heavy atom. The second-order valence-electron chi connectivity index (χ2n) is 3.67. The quantitative estimate of drug-likeness (QED) is 0.655. The molecule has 0 N–H and O–H groups in total. The number of benzene rings is 1. The maximum Gasteiger partial charge on any atom is 0.0989 e. The van der Waals surface area contributed by atoms with Crippen molar-refractivity contribution in [2.45, 2.75) is 33.1 Å². The lowest BCUT2D eigenvalue weighted by Gasteiger charge is -2.17. The summed E-state index contributed by atoms with van der Waals surface area (Å²) < 4.78 is 5.72. The summed E-state index contributed by atoms with van der Waals surface area (Å²) in [6.45, 7) is 7.14. The minimum Gasteiger partial charge on any atom is -0.498 e. The largest absolute Gasteiger partial charge is 0.498 e. The molecule has 0 heterocycles. The highest BCUT2D eigenvalue weighted by molar-refractivity contribution is 5.25. The van der Waals surface area contributed by atoms with Crippen LogP contribution in [0.5, 0.6) is 0 Å². The summed E-state index contributed by atoms with van der Waals surface area (Å²) >= 11 is 0. The highest BCUT2D eigenvalue weighted by atomic mass is 16.5. The van der Waals surface area contributed by atoms with Gasteiger partial charge >= 0.3 is 0 Å². The standard InChI is InChI=1S/C14H20O/c1-4-11-15-14(5-2)12(3)13-9-7-6-8-10-13/h5-10,12H,4,11H2,1-3H3/b14-5-. The Balaban J connectivity index is 2.70. The molecule has 0 amide bonds. The van der Waals surface area contributed by atoms with Crippen LogP contribution in [0.3, 0.4) is 0 Å². The molecule has 1 unspecified atom stereocenters. The van der Waals surface area contributed by atoms with Crippen molar-refractivity contribution >= 4 is 0 Å². The predicted octanol–water partition coefficient (Wildman–Crippen LogP) is 4.12. The molecule has 15 heavy (non-hydrogen) atoms. The van der Waals surface area contributed by atoms with Gasteiger partial charge in [-0.05, 0) is 25.0 Å². The fourth-order valence-corrected chi connectivity index (χ4v) is 1.58. The van der Waals surface area contributed by atoms with Gasteiger partial charge < -0.3 is 4.74 Å². The maximum absolute atomic E-state index is 5.72. The molecule has 0 fully saturated rings. The smallest absolute Gasteiger partial charge is 0.0989 e. The normalized spacial score (nSPS) is 13.7. The third-order valence-corrected chi connectivity index (χ3v) is 2.48. The van der Waals surface area contributed by atoms with Crippen LogP contribution in [0.4, 0.5) is 0 Å². The van der Waals surface area contributed by atoms with Gasteiger partial charge in [-0.2, -0.15) is 0 Å². The summed E-state index contributed by atoms with van der Waals surface area (Å²) in [5.74, 6) is 1.42. The molecule has 0 aliphatic rings. The molecule has 0 bridgehead atoms. The second kappa shape index (κ2) is 6.28. The van der Waals surface area contributed by atoms with Crippen LogP contribution in [0.1, 0.15) is 38.7 Å². The van der Waals surface area contributed by atoms with E-state index in [0.717, 1.165) is 18.8 Å². The molecule has 0 saturated heterocycles.